The fourth-order valence-electron chi connectivity index (χ4n) is 3.49. The molecule has 1 heterocycles. The Kier molecular flexibility index (Phi) is 3.29. The molecule has 0 saturated carbocycles. The summed E-state index contributed by atoms with van der Waals surface area (Å²) in [6, 6.07) is 8.76. The Hall–Kier alpha value is -1.39. The zero-order valence-electron chi connectivity index (χ0n) is 11.3. The predicted octanol–water partition coefficient (Wildman–Crippen LogP) is 1.34. The lowest BCUT2D eigenvalue weighted by molar-refractivity contribution is -0.130. The van der Waals surface area contributed by atoms with Crippen LogP contribution in [-0.2, 0) is 4.79 Å². The van der Waals surface area contributed by atoms with Crippen LogP contribution in [0.25, 0.3) is 0 Å². The molecule has 1 aliphatic heterocycles. The van der Waals surface area contributed by atoms with Gasteiger partial charge in [0.05, 0.1) is 6.04 Å². The molecule has 19 heavy (non-hydrogen) atoms. The largest absolute Gasteiger partial charge is 0.353 e. The van der Waals surface area contributed by atoms with Crippen molar-refractivity contribution in [1.29, 1.82) is 0 Å². The van der Waals surface area contributed by atoms with Gasteiger partial charge in [0.1, 0.15) is 0 Å². The van der Waals surface area contributed by atoms with E-state index in [0.717, 1.165) is 25.9 Å². The van der Waals surface area contributed by atoms with Crippen molar-refractivity contribution in [2.45, 2.75) is 37.9 Å². The summed E-state index contributed by atoms with van der Waals surface area (Å²) in [6.45, 7) is 3.72. The van der Waals surface area contributed by atoms with Crippen molar-refractivity contribution in [3.63, 3.8) is 0 Å². The standard InChI is InChI=1S/C15H21N3O/c1-2-13-15(19)17-7-8-18(13)14-9-12(16)10-5-3-4-6-11(10)14/h3-6,12-14H,2,7-9,16H2,1H3,(H,17,19). The van der Waals surface area contributed by atoms with E-state index in [0.29, 0.717) is 6.04 Å². The number of carbonyl (C=O) groups is 1. The second-order valence-electron chi connectivity index (χ2n) is 5.44. The number of nitrogens with zero attached hydrogens (tertiary/aromatic N) is 1. The van der Waals surface area contributed by atoms with Crippen LogP contribution in [0.3, 0.4) is 0 Å². The van der Waals surface area contributed by atoms with Crippen LogP contribution in [0.4, 0.5) is 0 Å². The molecule has 0 aromatic heterocycles. The van der Waals surface area contributed by atoms with E-state index in [9.17, 15) is 4.79 Å². The summed E-state index contributed by atoms with van der Waals surface area (Å²) in [5, 5.41) is 2.96. The molecule has 0 bridgehead atoms. The van der Waals surface area contributed by atoms with Crippen molar-refractivity contribution in [1.82, 2.24) is 10.2 Å². The minimum absolute atomic E-state index is 0.0166. The van der Waals surface area contributed by atoms with Crippen LogP contribution in [0.1, 0.15) is 43.0 Å². The molecule has 1 amide bonds. The molecular formula is C15H21N3O. The average molecular weight is 259 g/mol. The molecule has 0 spiro atoms. The first-order chi connectivity index (χ1) is 9.22. The predicted molar refractivity (Wildman–Crippen MR) is 74.5 cm³/mol. The van der Waals surface area contributed by atoms with Crippen LogP contribution in [0.5, 0.6) is 0 Å². The number of hydrogen-bond acceptors (Lipinski definition) is 3. The molecule has 0 radical (unpaired) electrons. The van der Waals surface area contributed by atoms with E-state index >= 15 is 0 Å². The second kappa shape index (κ2) is 4.94. The molecular weight excluding hydrogens is 238 g/mol. The first-order valence-corrected chi connectivity index (χ1v) is 7.10. The highest BCUT2D eigenvalue weighted by Gasteiger charge is 2.38. The van der Waals surface area contributed by atoms with Crippen LogP contribution in [-0.4, -0.2) is 29.9 Å². The highest BCUT2D eigenvalue weighted by Crippen LogP contribution is 2.42. The third-order valence-corrected chi connectivity index (χ3v) is 4.39. The maximum absolute atomic E-state index is 12.0. The lowest BCUT2D eigenvalue weighted by Gasteiger charge is -2.39. The normalized spacial score (nSPS) is 31.1. The lowest BCUT2D eigenvalue weighted by atomic mass is 10.0. The van der Waals surface area contributed by atoms with Crippen molar-refractivity contribution in [2.75, 3.05) is 13.1 Å². The zero-order valence-corrected chi connectivity index (χ0v) is 11.3. The van der Waals surface area contributed by atoms with Gasteiger partial charge >= 0.3 is 0 Å². The summed E-state index contributed by atoms with van der Waals surface area (Å²) in [4.78, 5) is 14.3. The summed E-state index contributed by atoms with van der Waals surface area (Å²) in [5.74, 6) is 0.159. The van der Waals surface area contributed by atoms with E-state index in [4.69, 9.17) is 5.73 Å². The van der Waals surface area contributed by atoms with Crippen LogP contribution in [0.2, 0.25) is 0 Å². The third-order valence-electron chi connectivity index (χ3n) is 4.39. The minimum Gasteiger partial charge on any atom is -0.353 e. The van der Waals surface area contributed by atoms with Crippen molar-refractivity contribution in [3.8, 4) is 0 Å². The molecule has 3 N–H and O–H groups in total. The van der Waals surface area contributed by atoms with Crippen LogP contribution >= 0.6 is 0 Å². The summed E-state index contributed by atoms with van der Waals surface area (Å²) in [5.41, 5.74) is 8.79. The highest BCUT2D eigenvalue weighted by molar-refractivity contribution is 5.82. The third kappa shape index (κ3) is 2.05. The topological polar surface area (TPSA) is 58.4 Å². The van der Waals surface area contributed by atoms with Gasteiger partial charge in [-0.15, -0.1) is 0 Å². The number of benzene rings is 1. The molecule has 1 aromatic rings. The number of fused-ring (bicyclic) bond motifs is 1. The fraction of sp³-hybridized carbons (Fsp3) is 0.533. The first-order valence-electron chi connectivity index (χ1n) is 7.10. The van der Waals surface area contributed by atoms with E-state index < -0.39 is 0 Å². The molecule has 1 aliphatic carbocycles. The monoisotopic (exact) mass is 259 g/mol. The van der Waals surface area contributed by atoms with Crippen LogP contribution in [0, 0.1) is 0 Å². The van der Waals surface area contributed by atoms with Crippen molar-refractivity contribution >= 4 is 5.91 Å². The van der Waals surface area contributed by atoms with Gasteiger partial charge in [-0.25, -0.2) is 0 Å². The van der Waals surface area contributed by atoms with Gasteiger partial charge in [0.25, 0.3) is 0 Å². The second-order valence-corrected chi connectivity index (χ2v) is 5.44. The quantitative estimate of drug-likeness (QED) is 0.842. The Balaban J connectivity index is 1.92. The molecule has 3 atom stereocenters. The van der Waals surface area contributed by atoms with Crippen molar-refractivity contribution in [2.24, 2.45) is 5.73 Å². The molecule has 4 nitrogen and oxygen atoms in total. The number of piperazine rings is 1. The van der Waals surface area contributed by atoms with E-state index in [2.05, 4.69) is 35.3 Å². The Bertz CT molecular complexity index is 488. The van der Waals surface area contributed by atoms with Crippen LogP contribution < -0.4 is 11.1 Å². The Labute approximate surface area is 114 Å². The first kappa shape index (κ1) is 12.6. The van der Waals surface area contributed by atoms with Gasteiger partial charge in [-0.2, -0.15) is 0 Å². The highest BCUT2D eigenvalue weighted by atomic mass is 16.2. The van der Waals surface area contributed by atoms with Gasteiger partial charge in [-0.1, -0.05) is 31.2 Å². The number of rotatable bonds is 2. The van der Waals surface area contributed by atoms with Gasteiger partial charge in [-0.3, -0.25) is 9.69 Å². The van der Waals surface area contributed by atoms with Gasteiger partial charge in [0.15, 0.2) is 0 Å². The molecule has 2 aliphatic rings. The number of amides is 1. The Morgan fingerprint density at radius 2 is 2.11 bits per heavy atom. The Morgan fingerprint density at radius 1 is 1.37 bits per heavy atom. The maximum atomic E-state index is 12.0. The number of nitrogens with one attached hydrogen (secondary N) is 1. The number of hydrogen-bond donors (Lipinski definition) is 2. The van der Waals surface area contributed by atoms with Crippen molar-refractivity contribution in [3.05, 3.63) is 35.4 Å². The minimum atomic E-state index is -0.0166. The van der Waals surface area contributed by atoms with E-state index in [1.165, 1.54) is 11.1 Å². The van der Waals surface area contributed by atoms with Gasteiger partial charge < -0.3 is 11.1 Å². The number of nitrogens with two attached hydrogens (primary N) is 1. The fourth-order valence-corrected chi connectivity index (χ4v) is 3.49. The molecule has 3 rings (SSSR count). The Morgan fingerprint density at radius 3 is 2.84 bits per heavy atom. The van der Waals surface area contributed by atoms with E-state index in [-0.39, 0.29) is 18.0 Å². The van der Waals surface area contributed by atoms with Crippen LogP contribution in [0.15, 0.2) is 24.3 Å². The van der Waals surface area contributed by atoms with Crippen molar-refractivity contribution < 1.29 is 4.79 Å². The number of carbonyl (C=O) groups excluding carboxylic acids is 1. The van der Waals surface area contributed by atoms with E-state index in [1.807, 2.05) is 6.07 Å². The summed E-state index contributed by atoms with van der Waals surface area (Å²) in [7, 11) is 0. The lowest BCUT2D eigenvalue weighted by Crippen LogP contribution is -2.55. The molecule has 102 valence electrons. The molecule has 1 saturated heterocycles. The van der Waals surface area contributed by atoms with Gasteiger partial charge in [0, 0.05) is 25.2 Å². The summed E-state index contributed by atoms with van der Waals surface area (Å²) in [6.07, 6.45) is 1.77. The molecule has 1 aromatic carbocycles. The summed E-state index contributed by atoms with van der Waals surface area (Å²) < 4.78 is 0. The van der Waals surface area contributed by atoms with E-state index in [1.54, 1.807) is 0 Å². The molecule has 4 heteroatoms. The smallest absolute Gasteiger partial charge is 0.237 e. The zero-order chi connectivity index (χ0) is 13.4. The molecule has 3 unspecified atom stereocenters. The maximum Gasteiger partial charge on any atom is 0.237 e. The van der Waals surface area contributed by atoms with Gasteiger partial charge in [0.2, 0.25) is 5.91 Å². The average Bonchev–Trinajstić information content (AvgIpc) is 2.76. The molecule has 1 fully saturated rings. The summed E-state index contributed by atoms with van der Waals surface area (Å²) >= 11 is 0. The SMILES string of the molecule is CCC1C(=O)NCCN1C1CC(N)c2ccccc21. The van der Waals surface area contributed by atoms with Gasteiger partial charge in [-0.05, 0) is 24.0 Å².